The van der Waals surface area contributed by atoms with Gasteiger partial charge in [-0.25, -0.2) is 4.39 Å². The molecule has 82 valence electrons. The normalized spacial score (nSPS) is 12.0. The van der Waals surface area contributed by atoms with Crippen LogP contribution in [0.3, 0.4) is 0 Å². The quantitative estimate of drug-likeness (QED) is 0.834. The third kappa shape index (κ3) is 2.83. The van der Waals surface area contributed by atoms with Gasteiger partial charge in [0.15, 0.2) is 5.82 Å². The Hall–Kier alpha value is -1.29. The summed E-state index contributed by atoms with van der Waals surface area (Å²) in [5.74, 6) is -0.760. The van der Waals surface area contributed by atoms with Crippen LogP contribution in [0.1, 0.15) is 6.92 Å². The molecule has 0 aliphatic heterocycles. The van der Waals surface area contributed by atoms with Crippen LogP contribution in [0.15, 0.2) is 18.2 Å². The fourth-order valence-corrected chi connectivity index (χ4v) is 1.31. The Labute approximate surface area is 92.6 Å². The van der Waals surface area contributed by atoms with E-state index in [2.05, 4.69) is 10.6 Å². The van der Waals surface area contributed by atoms with E-state index >= 15 is 0 Å². The molecule has 0 bridgehead atoms. The lowest BCUT2D eigenvalue weighted by molar-refractivity contribution is -0.121. The van der Waals surface area contributed by atoms with E-state index in [0.29, 0.717) is 0 Å². The van der Waals surface area contributed by atoms with Crippen molar-refractivity contribution < 1.29 is 9.18 Å². The van der Waals surface area contributed by atoms with E-state index in [4.69, 9.17) is 11.6 Å². The first kappa shape index (κ1) is 11.8. The molecule has 1 unspecified atom stereocenters. The Morgan fingerprint density at radius 1 is 1.53 bits per heavy atom. The summed E-state index contributed by atoms with van der Waals surface area (Å²) in [7, 11) is 1.52. The predicted octanol–water partition coefficient (Wildman–Crippen LogP) is 2.03. The van der Waals surface area contributed by atoms with Gasteiger partial charge >= 0.3 is 0 Å². The van der Waals surface area contributed by atoms with Gasteiger partial charge in [-0.05, 0) is 19.1 Å². The van der Waals surface area contributed by atoms with Crippen LogP contribution in [0.2, 0.25) is 5.02 Å². The van der Waals surface area contributed by atoms with Gasteiger partial charge in [0.2, 0.25) is 5.91 Å². The summed E-state index contributed by atoms with van der Waals surface area (Å²) in [4.78, 5) is 11.2. The van der Waals surface area contributed by atoms with Gasteiger partial charge in [0.1, 0.15) is 6.04 Å². The SMILES string of the molecule is CNC(=O)C(C)Nc1cccc(Cl)c1F. The molecule has 0 aliphatic carbocycles. The van der Waals surface area contributed by atoms with Gasteiger partial charge in [-0.2, -0.15) is 0 Å². The number of halogens is 2. The van der Waals surface area contributed by atoms with Gasteiger partial charge in [-0.15, -0.1) is 0 Å². The smallest absolute Gasteiger partial charge is 0.241 e. The lowest BCUT2D eigenvalue weighted by Gasteiger charge is -2.14. The van der Waals surface area contributed by atoms with Crippen molar-refractivity contribution in [1.82, 2.24) is 5.32 Å². The zero-order valence-corrected chi connectivity index (χ0v) is 9.23. The van der Waals surface area contributed by atoms with E-state index in [0.717, 1.165) is 0 Å². The van der Waals surface area contributed by atoms with Crippen molar-refractivity contribution in [3.63, 3.8) is 0 Å². The maximum absolute atomic E-state index is 13.4. The Balaban J connectivity index is 2.81. The van der Waals surface area contributed by atoms with E-state index in [9.17, 15) is 9.18 Å². The predicted molar refractivity (Wildman–Crippen MR) is 58.6 cm³/mol. The minimum absolute atomic E-state index is 0.0316. The van der Waals surface area contributed by atoms with E-state index in [1.165, 1.54) is 19.2 Å². The Morgan fingerprint density at radius 3 is 2.80 bits per heavy atom. The number of benzene rings is 1. The lowest BCUT2D eigenvalue weighted by atomic mass is 10.2. The zero-order valence-electron chi connectivity index (χ0n) is 8.47. The molecule has 0 aliphatic rings. The van der Waals surface area contributed by atoms with Gasteiger partial charge in [-0.3, -0.25) is 4.79 Å². The second kappa shape index (κ2) is 4.98. The third-order valence-corrected chi connectivity index (χ3v) is 2.26. The number of nitrogens with one attached hydrogen (secondary N) is 2. The molecule has 1 atom stereocenters. The molecule has 5 heteroatoms. The summed E-state index contributed by atoms with van der Waals surface area (Å²) in [6.07, 6.45) is 0. The number of anilines is 1. The van der Waals surface area contributed by atoms with Crippen molar-refractivity contribution >= 4 is 23.2 Å². The Morgan fingerprint density at radius 2 is 2.20 bits per heavy atom. The first-order valence-electron chi connectivity index (χ1n) is 4.48. The second-order valence-electron chi connectivity index (χ2n) is 3.08. The second-order valence-corrected chi connectivity index (χ2v) is 3.49. The molecule has 1 rings (SSSR count). The van der Waals surface area contributed by atoms with Crippen LogP contribution in [0.4, 0.5) is 10.1 Å². The number of likely N-dealkylation sites (N-methyl/N-ethyl adjacent to an activating group) is 1. The maximum atomic E-state index is 13.4. The first-order chi connectivity index (χ1) is 7.06. The molecule has 2 N–H and O–H groups in total. The van der Waals surface area contributed by atoms with E-state index < -0.39 is 11.9 Å². The summed E-state index contributed by atoms with van der Waals surface area (Å²) in [6, 6.07) is 4.08. The summed E-state index contributed by atoms with van der Waals surface area (Å²) < 4.78 is 13.4. The molecule has 0 saturated carbocycles. The highest BCUT2D eigenvalue weighted by Gasteiger charge is 2.13. The molecule has 1 amide bonds. The van der Waals surface area contributed by atoms with Crippen LogP contribution < -0.4 is 10.6 Å². The fraction of sp³-hybridized carbons (Fsp3) is 0.300. The monoisotopic (exact) mass is 230 g/mol. The molecule has 0 radical (unpaired) electrons. The van der Waals surface area contributed by atoms with Crippen LogP contribution in [0.25, 0.3) is 0 Å². The van der Waals surface area contributed by atoms with Crippen LogP contribution in [-0.4, -0.2) is 19.0 Å². The zero-order chi connectivity index (χ0) is 11.4. The van der Waals surface area contributed by atoms with Crippen molar-refractivity contribution in [2.75, 3.05) is 12.4 Å². The molecule has 3 nitrogen and oxygen atoms in total. The van der Waals surface area contributed by atoms with Gasteiger partial charge in [0.05, 0.1) is 10.7 Å². The van der Waals surface area contributed by atoms with Crippen molar-refractivity contribution in [3.05, 3.63) is 29.0 Å². The van der Waals surface area contributed by atoms with Crippen LogP contribution >= 0.6 is 11.6 Å². The topological polar surface area (TPSA) is 41.1 Å². The summed E-state index contributed by atoms with van der Waals surface area (Å²) in [6.45, 7) is 1.64. The molecule has 1 aromatic rings. The average Bonchev–Trinajstić information content (AvgIpc) is 2.23. The number of amides is 1. The number of hydrogen-bond donors (Lipinski definition) is 2. The van der Waals surface area contributed by atoms with Crippen molar-refractivity contribution in [2.45, 2.75) is 13.0 Å². The van der Waals surface area contributed by atoms with Gasteiger partial charge in [-0.1, -0.05) is 17.7 Å². The Kier molecular flexibility index (Phi) is 3.91. The minimum atomic E-state index is -0.546. The molecule has 0 saturated heterocycles. The lowest BCUT2D eigenvalue weighted by Crippen LogP contribution is -2.35. The highest BCUT2D eigenvalue weighted by molar-refractivity contribution is 6.31. The molecule has 1 aromatic carbocycles. The Bertz CT molecular complexity index is 370. The molecule has 15 heavy (non-hydrogen) atoms. The highest BCUT2D eigenvalue weighted by atomic mass is 35.5. The minimum Gasteiger partial charge on any atom is -0.371 e. The van der Waals surface area contributed by atoms with Crippen molar-refractivity contribution in [1.29, 1.82) is 0 Å². The fourth-order valence-electron chi connectivity index (χ4n) is 1.13. The molecule has 0 spiro atoms. The van der Waals surface area contributed by atoms with Crippen LogP contribution in [-0.2, 0) is 4.79 Å². The number of carbonyl (C=O) groups excluding carboxylic acids is 1. The number of hydrogen-bond acceptors (Lipinski definition) is 2. The molecular formula is C10H12ClFN2O. The van der Waals surface area contributed by atoms with Crippen LogP contribution in [0.5, 0.6) is 0 Å². The first-order valence-corrected chi connectivity index (χ1v) is 4.86. The maximum Gasteiger partial charge on any atom is 0.241 e. The van der Waals surface area contributed by atoms with Crippen LogP contribution in [0, 0.1) is 5.82 Å². The largest absolute Gasteiger partial charge is 0.371 e. The third-order valence-electron chi connectivity index (χ3n) is 1.96. The van der Waals surface area contributed by atoms with Crippen molar-refractivity contribution in [2.24, 2.45) is 0 Å². The molecule has 0 fully saturated rings. The van der Waals surface area contributed by atoms with Gasteiger partial charge < -0.3 is 10.6 Å². The van der Waals surface area contributed by atoms with E-state index in [-0.39, 0.29) is 16.6 Å². The van der Waals surface area contributed by atoms with Crippen molar-refractivity contribution in [3.8, 4) is 0 Å². The summed E-state index contributed by atoms with van der Waals surface area (Å²) >= 11 is 5.60. The average molecular weight is 231 g/mol. The number of carbonyl (C=O) groups is 1. The highest BCUT2D eigenvalue weighted by Crippen LogP contribution is 2.22. The summed E-state index contributed by atoms with van der Waals surface area (Å²) in [5.41, 5.74) is 0.221. The standard InChI is InChI=1S/C10H12ClFN2O/c1-6(10(15)13-2)14-8-5-3-4-7(11)9(8)12/h3-6,14H,1-2H3,(H,13,15). The van der Waals surface area contributed by atoms with E-state index in [1.807, 2.05) is 0 Å². The van der Waals surface area contributed by atoms with Gasteiger partial charge in [0.25, 0.3) is 0 Å². The van der Waals surface area contributed by atoms with Gasteiger partial charge in [0, 0.05) is 7.05 Å². The molecule has 0 aromatic heterocycles. The summed E-state index contributed by atoms with van der Waals surface area (Å²) in [5, 5.41) is 5.22. The van der Waals surface area contributed by atoms with E-state index in [1.54, 1.807) is 13.0 Å². The number of rotatable bonds is 3. The molecule has 0 heterocycles. The molecular weight excluding hydrogens is 219 g/mol.